The van der Waals surface area contributed by atoms with E-state index in [-0.39, 0.29) is 0 Å². The van der Waals surface area contributed by atoms with Crippen LogP contribution in [0.2, 0.25) is 0 Å². The SMILES string of the molecule is CCCCC(CC)Cn1c2c3ccccc3sc2c2sc3cc4c(cc3c21)[nH]c1ccccc14. The molecular weight excluding hydrogens is 452 g/mol. The largest absolute Gasteiger partial charge is 0.354 e. The van der Waals surface area contributed by atoms with Crippen molar-refractivity contribution in [1.29, 1.82) is 0 Å². The molecule has 0 fully saturated rings. The summed E-state index contributed by atoms with van der Waals surface area (Å²) in [7, 11) is 0. The fraction of sp³-hybridized carbons (Fsp3) is 0.267. The number of thiophene rings is 2. The number of nitrogens with zero attached hydrogens (tertiary/aromatic N) is 1. The maximum Gasteiger partial charge on any atom is 0.0714 e. The Bertz CT molecular complexity index is 1820. The summed E-state index contributed by atoms with van der Waals surface area (Å²) in [4.78, 5) is 3.68. The van der Waals surface area contributed by atoms with Gasteiger partial charge < -0.3 is 9.55 Å². The van der Waals surface area contributed by atoms with Crippen molar-refractivity contribution in [3.8, 4) is 0 Å². The number of nitrogens with one attached hydrogen (secondary N) is 1. The van der Waals surface area contributed by atoms with Gasteiger partial charge in [0, 0.05) is 48.5 Å². The summed E-state index contributed by atoms with van der Waals surface area (Å²) in [6.45, 7) is 5.78. The topological polar surface area (TPSA) is 20.7 Å². The lowest BCUT2D eigenvalue weighted by molar-refractivity contribution is 0.401. The summed E-state index contributed by atoms with van der Waals surface area (Å²) < 4.78 is 8.43. The van der Waals surface area contributed by atoms with Gasteiger partial charge >= 0.3 is 0 Å². The average Bonchev–Trinajstić information content (AvgIpc) is 3.59. The van der Waals surface area contributed by atoms with Crippen LogP contribution in [0.25, 0.3) is 62.4 Å². The predicted molar refractivity (Wildman–Crippen MR) is 153 cm³/mol. The smallest absolute Gasteiger partial charge is 0.0714 e. The fourth-order valence-electron chi connectivity index (χ4n) is 5.77. The molecular formula is C30H28N2S2. The highest BCUT2D eigenvalue weighted by Gasteiger charge is 2.23. The molecule has 7 aromatic rings. The number of hydrogen-bond donors (Lipinski definition) is 1. The average molecular weight is 481 g/mol. The molecule has 170 valence electrons. The highest BCUT2D eigenvalue weighted by atomic mass is 32.1. The highest BCUT2D eigenvalue weighted by molar-refractivity contribution is 7.33. The molecule has 4 heteroatoms. The van der Waals surface area contributed by atoms with Gasteiger partial charge in [-0.15, -0.1) is 22.7 Å². The van der Waals surface area contributed by atoms with Gasteiger partial charge in [-0.25, -0.2) is 0 Å². The second-order valence-electron chi connectivity index (χ2n) is 9.65. The van der Waals surface area contributed by atoms with E-state index >= 15 is 0 Å². The maximum absolute atomic E-state index is 3.68. The molecule has 0 amide bonds. The van der Waals surface area contributed by atoms with Crippen LogP contribution in [0.4, 0.5) is 0 Å². The Morgan fingerprint density at radius 1 is 0.765 bits per heavy atom. The molecule has 3 aromatic carbocycles. The Hall–Kier alpha value is -2.82. The zero-order valence-corrected chi connectivity index (χ0v) is 21.3. The Kier molecular flexibility index (Phi) is 4.75. The molecule has 0 saturated carbocycles. The number of benzene rings is 3. The molecule has 2 nitrogen and oxygen atoms in total. The number of H-pyrrole nitrogens is 1. The third-order valence-corrected chi connectivity index (χ3v) is 10.1. The molecule has 0 aliphatic carbocycles. The van der Waals surface area contributed by atoms with E-state index in [4.69, 9.17) is 0 Å². The van der Waals surface area contributed by atoms with Crippen LogP contribution in [0.1, 0.15) is 39.5 Å². The van der Waals surface area contributed by atoms with E-state index in [0.717, 1.165) is 6.54 Å². The van der Waals surface area contributed by atoms with Crippen LogP contribution in [0.5, 0.6) is 0 Å². The summed E-state index contributed by atoms with van der Waals surface area (Å²) in [6, 6.07) is 22.5. The van der Waals surface area contributed by atoms with Gasteiger partial charge in [0.05, 0.1) is 20.4 Å². The highest BCUT2D eigenvalue weighted by Crippen LogP contribution is 2.48. The van der Waals surface area contributed by atoms with Crippen LogP contribution < -0.4 is 0 Å². The first-order valence-corrected chi connectivity index (χ1v) is 14.2. The summed E-state index contributed by atoms with van der Waals surface area (Å²) >= 11 is 3.95. The lowest BCUT2D eigenvalue weighted by Gasteiger charge is -2.17. The molecule has 0 spiro atoms. The van der Waals surface area contributed by atoms with E-state index in [1.165, 1.54) is 88.1 Å². The van der Waals surface area contributed by atoms with Crippen molar-refractivity contribution in [3.05, 3.63) is 60.7 Å². The van der Waals surface area contributed by atoms with Crippen LogP contribution in [0.15, 0.2) is 60.7 Å². The van der Waals surface area contributed by atoms with Gasteiger partial charge in [-0.1, -0.05) is 69.5 Å². The van der Waals surface area contributed by atoms with Gasteiger partial charge in [-0.2, -0.15) is 0 Å². The van der Waals surface area contributed by atoms with Crippen molar-refractivity contribution < 1.29 is 0 Å². The molecule has 34 heavy (non-hydrogen) atoms. The lowest BCUT2D eigenvalue weighted by Crippen LogP contribution is -2.10. The molecule has 1 N–H and O–H groups in total. The minimum atomic E-state index is 0.712. The number of fused-ring (bicyclic) bond motifs is 10. The van der Waals surface area contributed by atoms with E-state index in [2.05, 4.69) is 84.1 Å². The van der Waals surface area contributed by atoms with E-state index in [1.54, 1.807) is 0 Å². The molecule has 0 bridgehead atoms. The molecule has 0 aliphatic rings. The standard InChI is InChI=1S/C30H28N2S2/c1-3-5-10-18(4-2)17-32-27-20-12-7-9-14-25(20)33-29(27)30-28(32)22-15-24-21(16-26(22)34-30)19-11-6-8-13-23(19)31-24/h6-9,11-16,18,31H,3-5,10,17H2,1-2H3. The first-order valence-electron chi connectivity index (χ1n) is 12.5. The zero-order chi connectivity index (χ0) is 22.8. The quantitative estimate of drug-likeness (QED) is 0.244. The summed E-state index contributed by atoms with van der Waals surface area (Å²) in [5, 5.41) is 5.46. The number of para-hydroxylation sites is 1. The van der Waals surface area contributed by atoms with Crippen molar-refractivity contribution in [2.45, 2.75) is 46.1 Å². The summed E-state index contributed by atoms with van der Waals surface area (Å²) in [5.74, 6) is 0.712. The molecule has 1 unspecified atom stereocenters. The van der Waals surface area contributed by atoms with Gasteiger partial charge in [0.2, 0.25) is 0 Å². The van der Waals surface area contributed by atoms with E-state index in [0.29, 0.717) is 5.92 Å². The Balaban J connectivity index is 1.56. The molecule has 1 atom stereocenters. The second-order valence-corrected chi connectivity index (χ2v) is 11.8. The molecule has 0 aliphatic heterocycles. The number of aromatic amines is 1. The van der Waals surface area contributed by atoms with Gasteiger partial charge in [-0.05, 0) is 36.6 Å². The molecule has 4 heterocycles. The van der Waals surface area contributed by atoms with Crippen molar-refractivity contribution in [1.82, 2.24) is 9.55 Å². The third kappa shape index (κ3) is 2.91. The van der Waals surface area contributed by atoms with Crippen LogP contribution in [-0.4, -0.2) is 9.55 Å². The van der Waals surface area contributed by atoms with Gasteiger partial charge in [0.1, 0.15) is 0 Å². The minimum Gasteiger partial charge on any atom is -0.354 e. The zero-order valence-electron chi connectivity index (χ0n) is 19.7. The van der Waals surface area contributed by atoms with Gasteiger partial charge in [0.25, 0.3) is 0 Å². The van der Waals surface area contributed by atoms with Crippen molar-refractivity contribution in [3.63, 3.8) is 0 Å². The first kappa shape index (κ1) is 20.5. The van der Waals surface area contributed by atoms with E-state index in [1.807, 2.05) is 22.7 Å². The maximum atomic E-state index is 3.68. The van der Waals surface area contributed by atoms with Crippen LogP contribution in [-0.2, 0) is 6.54 Å². The van der Waals surface area contributed by atoms with Gasteiger partial charge in [0.15, 0.2) is 0 Å². The van der Waals surface area contributed by atoms with Crippen molar-refractivity contribution >= 4 is 85.1 Å². The Labute approximate surface area is 206 Å². The van der Waals surface area contributed by atoms with E-state index in [9.17, 15) is 0 Å². The molecule has 4 aromatic heterocycles. The summed E-state index contributed by atoms with van der Waals surface area (Å²) in [6.07, 6.45) is 5.13. The second kappa shape index (κ2) is 7.86. The summed E-state index contributed by atoms with van der Waals surface area (Å²) in [5.41, 5.74) is 5.37. The minimum absolute atomic E-state index is 0.712. The van der Waals surface area contributed by atoms with E-state index < -0.39 is 0 Å². The fourth-order valence-corrected chi connectivity index (χ4v) is 8.34. The number of rotatable bonds is 6. The third-order valence-electron chi connectivity index (χ3n) is 7.59. The lowest BCUT2D eigenvalue weighted by atomic mass is 9.99. The van der Waals surface area contributed by atoms with Crippen LogP contribution >= 0.6 is 22.7 Å². The molecule has 0 saturated heterocycles. The monoisotopic (exact) mass is 480 g/mol. The number of aromatic nitrogens is 2. The Morgan fingerprint density at radius 3 is 2.32 bits per heavy atom. The predicted octanol–water partition coefficient (Wildman–Crippen LogP) is 10.1. The molecule has 7 rings (SSSR count). The number of unbranched alkanes of at least 4 members (excludes halogenated alkanes) is 1. The first-order chi connectivity index (χ1) is 16.8. The van der Waals surface area contributed by atoms with Crippen LogP contribution in [0, 0.1) is 5.92 Å². The van der Waals surface area contributed by atoms with Crippen molar-refractivity contribution in [2.75, 3.05) is 0 Å². The van der Waals surface area contributed by atoms with Crippen molar-refractivity contribution in [2.24, 2.45) is 5.92 Å². The van der Waals surface area contributed by atoms with Crippen LogP contribution in [0.3, 0.4) is 0 Å². The number of hydrogen-bond acceptors (Lipinski definition) is 2. The molecule has 0 radical (unpaired) electrons. The normalized spacial score (nSPS) is 13.5. The Morgan fingerprint density at radius 2 is 1.50 bits per heavy atom. The van der Waals surface area contributed by atoms with Gasteiger partial charge in [-0.3, -0.25) is 0 Å².